The monoisotopic (exact) mass is 372 g/mol. The molecule has 0 saturated carbocycles. The Labute approximate surface area is 151 Å². The van der Waals surface area contributed by atoms with E-state index in [1.54, 1.807) is 31.2 Å². The first-order chi connectivity index (χ1) is 12.0. The fraction of sp³-hybridized carbons (Fsp3) is 0.111. The summed E-state index contributed by atoms with van der Waals surface area (Å²) < 4.78 is 28.8. The summed E-state index contributed by atoms with van der Waals surface area (Å²) in [4.78, 5) is 14.5. The number of hydrogen-bond donors (Lipinski definition) is 0. The zero-order valence-electron chi connectivity index (χ0n) is 13.5. The van der Waals surface area contributed by atoms with Crippen LogP contribution in [-0.2, 0) is 14.8 Å². The van der Waals surface area contributed by atoms with Gasteiger partial charge in [-0.25, -0.2) is 0 Å². The Kier molecular flexibility index (Phi) is 5.06. The molecule has 0 N–H and O–H groups in total. The van der Waals surface area contributed by atoms with E-state index in [2.05, 4.69) is 4.40 Å². The van der Waals surface area contributed by atoms with Crippen molar-refractivity contribution in [2.45, 2.75) is 11.8 Å². The molecular formula is C18H16N2O3S2. The summed E-state index contributed by atoms with van der Waals surface area (Å²) in [5, 5.41) is 0.179. The Morgan fingerprint density at radius 1 is 1.04 bits per heavy atom. The van der Waals surface area contributed by atoms with Gasteiger partial charge in [0, 0.05) is 6.54 Å². The van der Waals surface area contributed by atoms with Gasteiger partial charge in [0.2, 0.25) is 0 Å². The van der Waals surface area contributed by atoms with Crippen molar-refractivity contribution < 1.29 is 13.2 Å². The molecule has 2 aromatic rings. The summed E-state index contributed by atoms with van der Waals surface area (Å²) in [5.74, 6) is -0.238. The van der Waals surface area contributed by atoms with Crippen molar-refractivity contribution in [1.29, 1.82) is 0 Å². The second-order valence-electron chi connectivity index (χ2n) is 5.23. The molecule has 1 amide bonds. The van der Waals surface area contributed by atoms with Crippen LogP contribution in [-0.4, -0.2) is 30.9 Å². The van der Waals surface area contributed by atoms with Crippen LogP contribution in [0.5, 0.6) is 0 Å². The lowest BCUT2D eigenvalue weighted by atomic mass is 10.2. The molecular weight excluding hydrogens is 356 g/mol. The number of hydrogen-bond acceptors (Lipinski definition) is 4. The fourth-order valence-electron chi connectivity index (χ4n) is 2.30. The van der Waals surface area contributed by atoms with Gasteiger partial charge < -0.3 is 0 Å². The summed E-state index contributed by atoms with van der Waals surface area (Å²) in [6, 6.07) is 17.4. The van der Waals surface area contributed by atoms with E-state index in [0.717, 1.165) is 17.3 Å². The summed E-state index contributed by atoms with van der Waals surface area (Å²) in [6.07, 6.45) is 1.74. The van der Waals surface area contributed by atoms with Crippen LogP contribution in [0.3, 0.4) is 0 Å². The highest BCUT2D eigenvalue weighted by molar-refractivity contribution is 8.19. The number of likely N-dealkylation sites (N-methyl/N-ethyl adjacent to an activating group) is 1. The molecule has 0 bridgehead atoms. The Morgan fingerprint density at radius 2 is 1.64 bits per heavy atom. The largest absolute Gasteiger partial charge is 0.286 e. The highest BCUT2D eigenvalue weighted by atomic mass is 32.2. The maximum absolute atomic E-state index is 12.5. The smallest absolute Gasteiger partial charge is 0.284 e. The lowest BCUT2D eigenvalue weighted by molar-refractivity contribution is -0.122. The number of amidine groups is 1. The van der Waals surface area contributed by atoms with Crippen molar-refractivity contribution in [3.63, 3.8) is 0 Å². The second-order valence-corrected chi connectivity index (χ2v) is 7.85. The lowest BCUT2D eigenvalue weighted by Crippen LogP contribution is -2.29. The van der Waals surface area contributed by atoms with Gasteiger partial charge >= 0.3 is 0 Å². The van der Waals surface area contributed by atoms with E-state index in [-0.39, 0.29) is 16.0 Å². The van der Waals surface area contributed by atoms with Crippen LogP contribution in [0.15, 0.2) is 74.9 Å². The Bertz CT molecular complexity index is 937. The molecule has 1 heterocycles. The van der Waals surface area contributed by atoms with Gasteiger partial charge in [0.15, 0.2) is 5.17 Å². The van der Waals surface area contributed by atoms with Crippen LogP contribution in [0.2, 0.25) is 0 Å². The second kappa shape index (κ2) is 7.25. The van der Waals surface area contributed by atoms with Crippen molar-refractivity contribution in [3.8, 4) is 0 Å². The first-order valence-electron chi connectivity index (χ1n) is 7.68. The average molecular weight is 372 g/mol. The molecule has 3 rings (SSSR count). The predicted octanol–water partition coefficient (Wildman–Crippen LogP) is 3.37. The Hall–Kier alpha value is -2.38. The van der Waals surface area contributed by atoms with Gasteiger partial charge in [-0.2, -0.15) is 8.42 Å². The summed E-state index contributed by atoms with van der Waals surface area (Å²) >= 11 is 1.08. The predicted molar refractivity (Wildman–Crippen MR) is 100 cm³/mol. The molecule has 0 radical (unpaired) electrons. The highest BCUT2D eigenvalue weighted by Crippen LogP contribution is 2.33. The molecule has 1 fully saturated rings. The number of carbonyl (C=O) groups is 1. The first-order valence-corrected chi connectivity index (χ1v) is 9.93. The van der Waals surface area contributed by atoms with Crippen LogP contribution >= 0.6 is 11.8 Å². The minimum absolute atomic E-state index is 0.104. The standard InChI is InChI=1S/C18H16N2O3S2/c1-2-20-17(21)16(13-14-9-5-3-6-10-14)24-18(20)19-25(22,23)15-11-7-4-8-12-15/h3-13H,2H2,1H3/b16-13-,19-18?. The molecule has 0 spiro atoms. The van der Waals surface area contributed by atoms with E-state index in [0.29, 0.717) is 11.4 Å². The topological polar surface area (TPSA) is 66.8 Å². The quantitative estimate of drug-likeness (QED) is 0.772. The van der Waals surface area contributed by atoms with Gasteiger partial charge in [0.25, 0.3) is 15.9 Å². The van der Waals surface area contributed by atoms with Crippen molar-refractivity contribution in [2.24, 2.45) is 4.40 Å². The number of thioether (sulfide) groups is 1. The van der Waals surface area contributed by atoms with E-state index >= 15 is 0 Å². The maximum Gasteiger partial charge on any atom is 0.284 e. The van der Waals surface area contributed by atoms with Crippen LogP contribution in [0.25, 0.3) is 6.08 Å². The van der Waals surface area contributed by atoms with Crippen molar-refractivity contribution in [3.05, 3.63) is 71.1 Å². The third-order valence-electron chi connectivity index (χ3n) is 3.54. The van der Waals surface area contributed by atoms with E-state index in [9.17, 15) is 13.2 Å². The Morgan fingerprint density at radius 3 is 2.24 bits per heavy atom. The summed E-state index contributed by atoms with van der Waals surface area (Å²) in [5.41, 5.74) is 0.876. The SMILES string of the molecule is CCN1C(=O)/C(=C/c2ccccc2)SC1=NS(=O)(=O)c1ccccc1. The van der Waals surface area contributed by atoms with Gasteiger partial charge in [-0.1, -0.05) is 48.5 Å². The Balaban J connectivity index is 1.97. The molecule has 0 aliphatic carbocycles. The van der Waals surface area contributed by atoms with Crippen molar-refractivity contribution >= 4 is 38.9 Å². The van der Waals surface area contributed by atoms with E-state index < -0.39 is 10.0 Å². The third kappa shape index (κ3) is 3.83. The highest BCUT2D eigenvalue weighted by Gasteiger charge is 2.33. The summed E-state index contributed by atoms with van der Waals surface area (Å²) in [6.45, 7) is 2.13. The first kappa shape index (κ1) is 17.4. The number of amides is 1. The van der Waals surface area contributed by atoms with Gasteiger partial charge in [-0.05, 0) is 42.5 Å². The fourth-order valence-corrected chi connectivity index (χ4v) is 4.57. The average Bonchev–Trinajstić information content (AvgIpc) is 2.90. The molecule has 25 heavy (non-hydrogen) atoms. The molecule has 2 aromatic carbocycles. The summed E-state index contributed by atoms with van der Waals surface area (Å²) in [7, 11) is -3.86. The molecule has 7 heteroatoms. The normalized spacial score (nSPS) is 18.3. The molecule has 1 aliphatic heterocycles. The molecule has 0 unspecified atom stereocenters. The number of rotatable bonds is 4. The van der Waals surface area contributed by atoms with Gasteiger partial charge in [0.1, 0.15) is 0 Å². The van der Waals surface area contributed by atoms with Gasteiger partial charge in [0.05, 0.1) is 9.80 Å². The van der Waals surface area contributed by atoms with E-state index in [1.165, 1.54) is 17.0 Å². The zero-order chi connectivity index (χ0) is 17.9. The lowest BCUT2D eigenvalue weighted by Gasteiger charge is -2.11. The van der Waals surface area contributed by atoms with Crippen molar-refractivity contribution in [2.75, 3.05) is 6.54 Å². The van der Waals surface area contributed by atoms with Crippen molar-refractivity contribution in [1.82, 2.24) is 4.90 Å². The van der Waals surface area contributed by atoms with Crippen LogP contribution in [0.4, 0.5) is 0 Å². The molecule has 0 aromatic heterocycles. The minimum Gasteiger partial charge on any atom is -0.286 e. The maximum atomic E-state index is 12.5. The zero-order valence-corrected chi connectivity index (χ0v) is 15.1. The molecule has 0 atom stereocenters. The molecule has 5 nitrogen and oxygen atoms in total. The van der Waals surface area contributed by atoms with E-state index in [4.69, 9.17) is 0 Å². The molecule has 128 valence electrons. The number of carbonyl (C=O) groups excluding carboxylic acids is 1. The third-order valence-corrected chi connectivity index (χ3v) is 5.94. The van der Waals surface area contributed by atoms with Gasteiger partial charge in [-0.15, -0.1) is 4.40 Å². The van der Waals surface area contributed by atoms with Crippen LogP contribution in [0.1, 0.15) is 12.5 Å². The van der Waals surface area contributed by atoms with Crippen LogP contribution < -0.4 is 0 Å². The number of nitrogens with zero attached hydrogens (tertiary/aromatic N) is 2. The minimum atomic E-state index is -3.86. The number of sulfonamides is 1. The molecule has 1 saturated heterocycles. The van der Waals surface area contributed by atoms with Gasteiger partial charge in [-0.3, -0.25) is 9.69 Å². The molecule has 1 aliphatic rings. The van der Waals surface area contributed by atoms with Crippen LogP contribution in [0, 0.1) is 0 Å². The number of benzene rings is 2. The van der Waals surface area contributed by atoms with E-state index in [1.807, 2.05) is 30.3 Å².